The maximum atomic E-state index is 11.9. The predicted octanol–water partition coefficient (Wildman–Crippen LogP) is 2.72. The van der Waals surface area contributed by atoms with E-state index in [9.17, 15) is 4.79 Å². The van der Waals surface area contributed by atoms with Crippen LogP contribution in [0.15, 0.2) is 28.7 Å². The van der Waals surface area contributed by atoms with E-state index in [4.69, 9.17) is 5.73 Å². The van der Waals surface area contributed by atoms with Gasteiger partial charge >= 0.3 is 0 Å². The Kier molecular flexibility index (Phi) is 4.02. The van der Waals surface area contributed by atoms with Gasteiger partial charge < -0.3 is 11.1 Å². The topological polar surface area (TPSA) is 55.1 Å². The molecule has 1 aromatic carbocycles. The maximum Gasteiger partial charge on any atom is 0.239 e. The lowest BCUT2D eigenvalue weighted by molar-refractivity contribution is -0.125. The second-order valence-electron chi connectivity index (χ2n) is 6.05. The van der Waals surface area contributed by atoms with Crippen LogP contribution in [0.5, 0.6) is 0 Å². The van der Waals surface area contributed by atoms with Gasteiger partial charge in [-0.15, -0.1) is 0 Å². The van der Waals surface area contributed by atoms with Crippen molar-refractivity contribution in [2.75, 3.05) is 6.54 Å². The summed E-state index contributed by atoms with van der Waals surface area (Å²) < 4.78 is 1.08. The number of amides is 1. The zero-order valence-corrected chi connectivity index (χ0v) is 13.1. The van der Waals surface area contributed by atoms with Gasteiger partial charge in [-0.05, 0) is 44.4 Å². The van der Waals surface area contributed by atoms with E-state index >= 15 is 0 Å². The van der Waals surface area contributed by atoms with Crippen LogP contribution < -0.4 is 11.1 Å². The Hall–Kier alpha value is -0.870. The van der Waals surface area contributed by atoms with Gasteiger partial charge in [-0.1, -0.05) is 34.5 Å². The molecule has 0 aliphatic heterocycles. The smallest absolute Gasteiger partial charge is 0.239 e. The average molecular weight is 325 g/mol. The van der Waals surface area contributed by atoms with Crippen molar-refractivity contribution in [3.05, 3.63) is 34.3 Å². The molecule has 0 atom stereocenters. The number of benzene rings is 1. The fraction of sp³-hybridized carbons (Fsp3) is 0.533. The molecular formula is C15H21BrN2O. The maximum absolute atomic E-state index is 11.9. The van der Waals surface area contributed by atoms with Crippen molar-refractivity contribution in [1.82, 2.24) is 5.32 Å². The van der Waals surface area contributed by atoms with Crippen molar-refractivity contribution in [3.8, 4) is 0 Å². The highest BCUT2D eigenvalue weighted by molar-refractivity contribution is 9.10. The Morgan fingerprint density at radius 2 is 2.16 bits per heavy atom. The SMILES string of the molecule is CC(C)(N)C(=O)NCC1(c2cccc(Br)c2)CCC1. The average Bonchev–Trinajstić information content (AvgIpc) is 2.26. The van der Waals surface area contributed by atoms with E-state index < -0.39 is 5.54 Å². The number of nitrogens with one attached hydrogen (secondary N) is 1. The minimum atomic E-state index is -0.817. The molecule has 3 N–H and O–H groups in total. The second kappa shape index (κ2) is 5.25. The molecule has 1 aromatic rings. The Labute approximate surface area is 123 Å². The summed E-state index contributed by atoms with van der Waals surface area (Å²) in [5.41, 5.74) is 6.38. The van der Waals surface area contributed by atoms with Crippen LogP contribution in [-0.4, -0.2) is 18.0 Å². The Morgan fingerprint density at radius 1 is 1.47 bits per heavy atom. The van der Waals surface area contributed by atoms with Crippen LogP contribution in [0.25, 0.3) is 0 Å². The standard InChI is InChI=1S/C15H21BrN2O/c1-14(2,17)13(19)18-10-15(7-4-8-15)11-5-3-6-12(16)9-11/h3,5-6,9H,4,7-8,10,17H2,1-2H3,(H,18,19). The summed E-state index contributed by atoms with van der Waals surface area (Å²) in [6.45, 7) is 4.13. The fourth-order valence-electron chi connectivity index (χ4n) is 2.47. The van der Waals surface area contributed by atoms with E-state index in [1.807, 2.05) is 12.1 Å². The van der Waals surface area contributed by atoms with Crippen molar-refractivity contribution in [1.29, 1.82) is 0 Å². The normalized spacial score (nSPS) is 17.7. The molecule has 1 amide bonds. The Morgan fingerprint density at radius 3 is 2.63 bits per heavy atom. The van der Waals surface area contributed by atoms with E-state index in [1.165, 1.54) is 12.0 Å². The van der Waals surface area contributed by atoms with Crippen LogP contribution >= 0.6 is 15.9 Å². The molecule has 0 bridgehead atoms. The van der Waals surface area contributed by atoms with E-state index in [1.54, 1.807) is 13.8 Å². The highest BCUT2D eigenvalue weighted by Gasteiger charge is 2.39. The van der Waals surface area contributed by atoms with E-state index in [0.29, 0.717) is 6.54 Å². The molecule has 4 heteroatoms. The molecule has 1 saturated carbocycles. The molecule has 3 nitrogen and oxygen atoms in total. The molecule has 0 heterocycles. The highest BCUT2D eigenvalue weighted by Crippen LogP contribution is 2.43. The summed E-state index contributed by atoms with van der Waals surface area (Å²) in [6, 6.07) is 8.37. The zero-order chi connectivity index (χ0) is 14.1. The van der Waals surface area contributed by atoms with Gasteiger partial charge in [-0.2, -0.15) is 0 Å². The number of nitrogens with two attached hydrogens (primary N) is 1. The molecule has 0 spiro atoms. The highest BCUT2D eigenvalue weighted by atomic mass is 79.9. The summed E-state index contributed by atoms with van der Waals surface area (Å²) in [6.07, 6.45) is 3.46. The van der Waals surface area contributed by atoms with E-state index in [0.717, 1.165) is 17.3 Å². The summed E-state index contributed by atoms with van der Waals surface area (Å²) in [5, 5.41) is 3.00. The number of hydrogen-bond donors (Lipinski definition) is 2. The van der Waals surface area contributed by atoms with Crippen LogP contribution in [0.2, 0.25) is 0 Å². The number of halogens is 1. The van der Waals surface area contributed by atoms with E-state index in [-0.39, 0.29) is 11.3 Å². The van der Waals surface area contributed by atoms with Crippen molar-refractivity contribution in [3.63, 3.8) is 0 Å². The lowest BCUT2D eigenvalue weighted by atomic mass is 9.64. The molecule has 104 valence electrons. The summed E-state index contributed by atoms with van der Waals surface area (Å²) in [7, 11) is 0. The van der Waals surface area contributed by atoms with Gasteiger partial charge in [0.15, 0.2) is 0 Å². The van der Waals surface area contributed by atoms with Crippen molar-refractivity contribution < 1.29 is 4.79 Å². The van der Waals surface area contributed by atoms with Gasteiger partial charge in [-0.25, -0.2) is 0 Å². The fourth-order valence-corrected chi connectivity index (χ4v) is 2.87. The monoisotopic (exact) mass is 324 g/mol. The number of carbonyl (C=O) groups is 1. The molecule has 1 fully saturated rings. The Balaban J connectivity index is 2.10. The third-order valence-corrected chi connectivity index (χ3v) is 4.41. The lowest BCUT2D eigenvalue weighted by Crippen LogP contribution is -2.53. The third-order valence-electron chi connectivity index (χ3n) is 3.92. The van der Waals surface area contributed by atoms with Crippen LogP contribution in [-0.2, 0) is 10.2 Å². The predicted molar refractivity (Wildman–Crippen MR) is 80.9 cm³/mol. The number of hydrogen-bond acceptors (Lipinski definition) is 2. The lowest BCUT2D eigenvalue weighted by Gasteiger charge is -2.43. The molecule has 0 aromatic heterocycles. The van der Waals surface area contributed by atoms with Crippen LogP contribution in [0, 0.1) is 0 Å². The largest absolute Gasteiger partial charge is 0.354 e. The molecule has 1 aliphatic rings. The van der Waals surface area contributed by atoms with Crippen molar-refractivity contribution in [2.45, 2.75) is 44.1 Å². The van der Waals surface area contributed by atoms with Crippen molar-refractivity contribution >= 4 is 21.8 Å². The third kappa shape index (κ3) is 3.18. The minimum Gasteiger partial charge on any atom is -0.354 e. The van der Waals surface area contributed by atoms with Crippen molar-refractivity contribution in [2.24, 2.45) is 5.73 Å². The van der Waals surface area contributed by atoms with Crippen LogP contribution in [0.4, 0.5) is 0 Å². The van der Waals surface area contributed by atoms with Crippen LogP contribution in [0.3, 0.4) is 0 Å². The molecule has 0 saturated heterocycles. The van der Waals surface area contributed by atoms with E-state index in [2.05, 4.69) is 33.4 Å². The first-order valence-corrected chi connectivity index (χ1v) is 7.46. The number of carbonyl (C=O) groups excluding carboxylic acids is 1. The zero-order valence-electron chi connectivity index (χ0n) is 11.5. The second-order valence-corrected chi connectivity index (χ2v) is 6.96. The summed E-state index contributed by atoms with van der Waals surface area (Å²) >= 11 is 3.51. The molecule has 1 aliphatic carbocycles. The molecule has 0 unspecified atom stereocenters. The first kappa shape index (κ1) is 14.5. The molecule has 2 rings (SSSR count). The molecular weight excluding hydrogens is 304 g/mol. The van der Waals surface area contributed by atoms with Gasteiger partial charge in [0.05, 0.1) is 5.54 Å². The molecule has 0 radical (unpaired) electrons. The minimum absolute atomic E-state index is 0.0880. The summed E-state index contributed by atoms with van der Waals surface area (Å²) in [4.78, 5) is 11.9. The van der Waals surface area contributed by atoms with Gasteiger partial charge in [0.25, 0.3) is 0 Å². The van der Waals surface area contributed by atoms with Crippen LogP contribution in [0.1, 0.15) is 38.7 Å². The van der Waals surface area contributed by atoms with Gasteiger partial charge in [0, 0.05) is 16.4 Å². The van der Waals surface area contributed by atoms with Gasteiger partial charge in [-0.3, -0.25) is 4.79 Å². The number of rotatable bonds is 4. The first-order valence-electron chi connectivity index (χ1n) is 6.67. The molecule has 19 heavy (non-hydrogen) atoms. The van der Waals surface area contributed by atoms with Gasteiger partial charge in [0.2, 0.25) is 5.91 Å². The Bertz CT molecular complexity index is 475. The quantitative estimate of drug-likeness (QED) is 0.894. The van der Waals surface area contributed by atoms with Gasteiger partial charge in [0.1, 0.15) is 0 Å². The summed E-state index contributed by atoms with van der Waals surface area (Å²) in [5.74, 6) is -0.0891. The first-order chi connectivity index (χ1) is 8.83.